The maximum atomic E-state index is 12.9. The van der Waals surface area contributed by atoms with Gasteiger partial charge in [-0.3, -0.25) is 19.2 Å². The molecule has 2 aliphatic heterocycles. The van der Waals surface area contributed by atoms with E-state index >= 15 is 0 Å². The summed E-state index contributed by atoms with van der Waals surface area (Å²) in [5.74, 6) is -2.53. The van der Waals surface area contributed by atoms with Crippen molar-refractivity contribution in [3.63, 3.8) is 0 Å². The van der Waals surface area contributed by atoms with Crippen LogP contribution in [0.2, 0.25) is 0 Å². The van der Waals surface area contributed by atoms with Gasteiger partial charge in [-0.25, -0.2) is 0 Å². The number of hydrogen-bond donors (Lipinski definition) is 2. The number of carbonyl (C=O) groups is 4. The fourth-order valence-corrected chi connectivity index (χ4v) is 4.59. The second kappa shape index (κ2) is 12.2. The van der Waals surface area contributed by atoms with Crippen LogP contribution in [0.25, 0.3) is 0 Å². The second-order valence-corrected chi connectivity index (χ2v) is 8.87. The molecule has 0 radical (unpaired) electrons. The molecule has 2 fully saturated rings. The van der Waals surface area contributed by atoms with E-state index in [-0.39, 0.29) is 24.9 Å². The summed E-state index contributed by atoms with van der Waals surface area (Å²) in [7, 11) is 0. The zero-order valence-corrected chi connectivity index (χ0v) is 19.5. The fourth-order valence-electron chi connectivity index (χ4n) is 4.59. The van der Waals surface area contributed by atoms with Crippen molar-refractivity contribution in [1.29, 1.82) is 0 Å². The number of piperidine rings is 2. The van der Waals surface area contributed by atoms with Gasteiger partial charge in [0.2, 0.25) is 11.8 Å². The van der Waals surface area contributed by atoms with Crippen LogP contribution in [0.5, 0.6) is 0 Å². The zero-order valence-electron chi connectivity index (χ0n) is 19.5. The number of likely N-dealkylation sites (tertiary alicyclic amines) is 2. The number of anilines is 2. The van der Waals surface area contributed by atoms with Gasteiger partial charge in [0, 0.05) is 26.2 Å². The van der Waals surface area contributed by atoms with E-state index in [1.54, 1.807) is 34.1 Å². The Morgan fingerprint density at radius 2 is 0.971 bits per heavy atom. The van der Waals surface area contributed by atoms with E-state index in [0.29, 0.717) is 37.6 Å². The molecule has 2 aliphatic rings. The van der Waals surface area contributed by atoms with Crippen LogP contribution in [0.15, 0.2) is 24.3 Å². The Morgan fingerprint density at radius 3 is 1.29 bits per heavy atom. The molecule has 2 heterocycles. The van der Waals surface area contributed by atoms with E-state index in [4.69, 9.17) is 0 Å². The van der Waals surface area contributed by atoms with E-state index in [2.05, 4.69) is 0 Å². The molecule has 1 aromatic carbocycles. The number of benzene rings is 1. The summed E-state index contributed by atoms with van der Waals surface area (Å²) in [6.45, 7) is 1.49. The van der Waals surface area contributed by atoms with Crippen molar-refractivity contribution in [2.75, 3.05) is 62.2 Å². The molecule has 0 spiro atoms. The standard InChI is InChI=1S/C24H34N4O6/c29-21(25-11-5-1-6-12-25)15-27(17-23(31)32)19-9-3-4-10-20(19)28(18-24(33)34)16-22(30)26-13-7-2-8-14-26/h3-4,9-10H,1-2,5-8,11-18H2,(H,31,32)(H,33,34). The number of amides is 2. The van der Waals surface area contributed by atoms with Crippen LogP contribution in [0.3, 0.4) is 0 Å². The van der Waals surface area contributed by atoms with Gasteiger partial charge in [0.1, 0.15) is 13.1 Å². The number of aliphatic carboxylic acids is 2. The maximum Gasteiger partial charge on any atom is 0.323 e. The Kier molecular flexibility index (Phi) is 9.12. The quantitative estimate of drug-likeness (QED) is 0.523. The second-order valence-electron chi connectivity index (χ2n) is 8.87. The molecular weight excluding hydrogens is 440 g/mol. The third-order valence-corrected chi connectivity index (χ3v) is 6.29. The van der Waals surface area contributed by atoms with Crippen molar-refractivity contribution >= 4 is 35.1 Å². The smallest absolute Gasteiger partial charge is 0.323 e. The van der Waals surface area contributed by atoms with Crippen molar-refractivity contribution in [3.05, 3.63) is 24.3 Å². The Hall–Kier alpha value is -3.30. The first kappa shape index (κ1) is 25.3. The van der Waals surface area contributed by atoms with Gasteiger partial charge in [-0.1, -0.05) is 12.1 Å². The molecule has 0 saturated carbocycles. The molecule has 2 N–H and O–H groups in total. The van der Waals surface area contributed by atoms with Crippen LogP contribution in [0.4, 0.5) is 11.4 Å². The minimum absolute atomic E-state index is 0.135. The number of hydrogen-bond acceptors (Lipinski definition) is 6. The van der Waals surface area contributed by atoms with Crippen LogP contribution < -0.4 is 9.80 Å². The first-order valence-electron chi connectivity index (χ1n) is 11.9. The van der Waals surface area contributed by atoms with Gasteiger partial charge in [-0.2, -0.15) is 0 Å². The third kappa shape index (κ3) is 7.10. The van der Waals surface area contributed by atoms with Crippen molar-refractivity contribution in [1.82, 2.24) is 9.80 Å². The summed E-state index contributed by atoms with van der Waals surface area (Å²) < 4.78 is 0. The van der Waals surface area contributed by atoms with Gasteiger partial charge >= 0.3 is 11.9 Å². The maximum absolute atomic E-state index is 12.9. The molecule has 0 atom stereocenters. The lowest BCUT2D eigenvalue weighted by Gasteiger charge is -2.34. The highest BCUT2D eigenvalue weighted by Gasteiger charge is 2.27. The van der Waals surface area contributed by atoms with E-state index in [0.717, 1.165) is 38.5 Å². The van der Waals surface area contributed by atoms with Crippen LogP contribution in [-0.2, 0) is 19.2 Å². The van der Waals surface area contributed by atoms with Gasteiger partial charge in [0.25, 0.3) is 0 Å². The molecule has 10 heteroatoms. The number of nitrogens with zero attached hydrogens (tertiary/aromatic N) is 4. The zero-order chi connectivity index (χ0) is 24.5. The highest BCUT2D eigenvalue weighted by Crippen LogP contribution is 2.30. The van der Waals surface area contributed by atoms with Crippen molar-refractivity contribution in [2.24, 2.45) is 0 Å². The van der Waals surface area contributed by atoms with Crippen LogP contribution >= 0.6 is 0 Å². The lowest BCUT2D eigenvalue weighted by molar-refractivity contribution is -0.137. The summed E-state index contributed by atoms with van der Waals surface area (Å²) in [5, 5.41) is 19.0. The van der Waals surface area contributed by atoms with Crippen molar-refractivity contribution < 1.29 is 29.4 Å². The summed E-state index contributed by atoms with van der Waals surface area (Å²) in [6.07, 6.45) is 5.83. The molecule has 1 aromatic rings. The van der Waals surface area contributed by atoms with Gasteiger partial charge in [0.15, 0.2) is 0 Å². The minimum Gasteiger partial charge on any atom is -0.480 e. The Balaban J connectivity index is 1.86. The summed E-state index contributed by atoms with van der Waals surface area (Å²) in [4.78, 5) is 55.6. The van der Waals surface area contributed by atoms with Crippen molar-refractivity contribution in [3.8, 4) is 0 Å². The lowest BCUT2D eigenvalue weighted by Crippen LogP contribution is -2.46. The molecule has 0 aromatic heterocycles. The molecule has 2 saturated heterocycles. The topological polar surface area (TPSA) is 122 Å². The number of carbonyl (C=O) groups excluding carboxylic acids is 2. The monoisotopic (exact) mass is 474 g/mol. The van der Waals surface area contributed by atoms with Gasteiger partial charge in [-0.15, -0.1) is 0 Å². The fraction of sp³-hybridized carbons (Fsp3) is 0.583. The SMILES string of the molecule is O=C(O)CN(CC(=O)N1CCCCC1)c1ccccc1N(CC(=O)O)CC(=O)N1CCCCC1. The molecule has 34 heavy (non-hydrogen) atoms. The summed E-state index contributed by atoms with van der Waals surface area (Å²) >= 11 is 0. The summed E-state index contributed by atoms with van der Waals surface area (Å²) in [6, 6.07) is 6.76. The van der Waals surface area contributed by atoms with E-state index in [1.165, 1.54) is 9.80 Å². The van der Waals surface area contributed by atoms with Gasteiger partial charge in [-0.05, 0) is 50.7 Å². The number of carboxylic acid groups (broad SMARTS) is 2. The number of rotatable bonds is 10. The average Bonchev–Trinajstić information content (AvgIpc) is 2.83. The van der Waals surface area contributed by atoms with Crippen LogP contribution in [0, 0.1) is 0 Å². The molecular formula is C24H34N4O6. The largest absolute Gasteiger partial charge is 0.480 e. The number of carboxylic acids is 2. The Morgan fingerprint density at radius 1 is 0.618 bits per heavy atom. The highest BCUT2D eigenvalue weighted by molar-refractivity contribution is 5.90. The molecule has 3 rings (SSSR count). The lowest BCUT2D eigenvalue weighted by atomic mass is 10.1. The molecule has 0 aliphatic carbocycles. The van der Waals surface area contributed by atoms with E-state index < -0.39 is 25.0 Å². The van der Waals surface area contributed by atoms with Crippen LogP contribution in [-0.4, -0.2) is 96.1 Å². The first-order valence-corrected chi connectivity index (χ1v) is 11.9. The molecule has 186 valence electrons. The van der Waals surface area contributed by atoms with Crippen LogP contribution in [0.1, 0.15) is 38.5 Å². The van der Waals surface area contributed by atoms with E-state index in [9.17, 15) is 29.4 Å². The minimum atomic E-state index is -1.10. The summed E-state index contributed by atoms with van der Waals surface area (Å²) in [5.41, 5.74) is 0.839. The third-order valence-electron chi connectivity index (χ3n) is 6.29. The molecule has 2 amide bonds. The molecule has 0 bridgehead atoms. The Labute approximate surface area is 199 Å². The van der Waals surface area contributed by atoms with Gasteiger partial charge in [0.05, 0.1) is 24.5 Å². The first-order chi connectivity index (χ1) is 16.3. The molecule has 10 nitrogen and oxygen atoms in total. The number of para-hydroxylation sites is 2. The van der Waals surface area contributed by atoms with Crippen molar-refractivity contribution in [2.45, 2.75) is 38.5 Å². The highest BCUT2D eigenvalue weighted by atomic mass is 16.4. The predicted octanol–water partition coefficient (Wildman–Crippen LogP) is 1.49. The average molecular weight is 475 g/mol. The normalized spacial score (nSPS) is 16.1. The van der Waals surface area contributed by atoms with E-state index in [1.807, 2.05) is 0 Å². The van der Waals surface area contributed by atoms with Gasteiger partial charge < -0.3 is 29.8 Å². The predicted molar refractivity (Wildman–Crippen MR) is 127 cm³/mol. The molecule has 0 unspecified atom stereocenters. The Bertz CT molecular complexity index is 809.